The number of nitrogens with zero attached hydrogens (tertiary/aromatic N) is 1. The largest absolute Gasteiger partial charge is 0.480 e. The number of carboxylic acids is 1. The van der Waals surface area contributed by atoms with Crippen molar-refractivity contribution in [3.63, 3.8) is 0 Å². The third-order valence-electron chi connectivity index (χ3n) is 1.63. The number of anilines is 1. The summed E-state index contributed by atoms with van der Waals surface area (Å²) in [4.78, 5) is 14.4. The Morgan fingerprint density at radius 2 is 2.31 bits per heavy atom. The van der Waals surface area contributed by atoms with Crippen LogP contribution in [0.3, 0.4) is 0 Å². The summed E-state index contributed by atoms with van der Waals surface area (Å²) in [7, 11) is 0. The molecule has 70 valence electrons. The maximum absolute atomic E-state index is 10.5. The summed E-state index contributed by atoms with van der Waals surface area (Å²) in [5, 5.41) is 11.4. The molecule has 0 spiro atoms. The molecule has 0 bridgehead atoms. The van der Waals surface area contributed by atoms with Crippen LogP contribution in [0.2, 0.25) is 0 Å². The van der Waals surface area contributed by atoms with Gasteiger partial charge in [0.1, 0.15) is 6.04 Å². The first-order valence-corrected chi connectivity index (χ1v) is 4.00. The number of hydrogen-bond donors (Lipinski definition) is 2. The van der Waals surface area contributed by atoms with Crippen molar-refractivity contribution in [2.75, 3.05) is 5.32 Å². The van der Waals surface area contributed by atoms with E-state index < -0.39 is 12.0 Å². The van der Waals surface area contributed by atoms with Crippen LogP contribution in [0.15, 0.2) is 18.5 Å². The molecule has 0 saturated heterocycles. The highest BCUT2D eigenvalue weighted by atomic mass is 16.4. The van der Waals surface area contributed by atoms with E-state index in [-0.39, 0.29) is 0 Å². The highest BCUT2D eigenvalue weighted by Gasteiger charge is 2.09. The lowest BCUT2D eigenvalue weighted by Gasteiger charge is -2.10. The van der Waals surface area contributed by atoms with Gasteiger partial charge in [-0.05, 0) is 25.5 Å². The molecule has 1 aromatic heterocycles. The van der Waals surface area contributed by atoms with Crippen molar-refractivity contribution in [3.8, 4) is 0 Å². The van der Waals surface area contributed by atoms with Gasteiger partial charge in [0.05, 0.1) is 5.69 Å². The van der Waals surface area contributed by atoms with Crippen molar-refractivity contribution < 1.29 is 9.90 Å². The second-order valence-corrected chi connectivity index (χ2v) is 2.96. The van der Waals surface area contributed by atoms with E-state index in [1.54, 1.807) is 19.3 Å². The van der Waals surface area contributed by atoms with Crippen molar-refractivity contribution in [2.45, 2.75) is 19.9 Å². The summed E-state index contributed by atoms with van der Waals surface area (Å²) in [5.74, 6) is -0.874. The van der Waals surface area contributed by atoms with E-state index in [1.165, 1.54) is 0 Å². The van der Waals surface area contributed by atoms with Crippen LogP contribution in [-0.2, 0) is 4.79 Å². The number of carboxylic acid groups (broad SMARTS) is 1. The minimum absolute atomic E-state index is 0.594. The fourth-order valence-electron chi connectivity index (χ4n) is 0.946. The van der Waals surface area contributed by atoms with E-state index in [0.29, 0.717) is 0 Å². The Labute approximate surface area is 76.6 Å². The number of carbonyl (C=O) groups is 1. The average Bonchev–Trinajstić information content (AvgIpc) is 2.04. The number of rotatable bonds is 3. The second kappa shape index (κ2) is 3.89. The second-order valence-electron chi connectivity index (χ2n) is 2.96. The van der Waals surface area contributed by atoms with Crippen molar-refractivity contribution in [1.82, 2.24) is 4.98 Å². The molecule has 0 amide bonds. The molecule has 0 aromatic carbocycles. The smallest absolute Gasteiger partial charge is 0.325 e. The summed E-state index contributed by atoms with van der Waals surface area (Å²) >= 11 is 0. The highest BCUT2D eigenvalue weighted by Crippen LogP contribution is 2.08. The zero-order valence-electron chi connectivity index (χ0n) is 7.61. The Hall–Kier alpha value is -1.58. The molecule has 0 radical (unpaired) electrons. The number of nitrogens with one attached hydrogen (secondary N) is 1. The lowest BCUT2D eigenvalue weighted by atomic mass is 10.2. The maximum Gasteiger partial charge on any atom is 0.325 e. The molecule has 13 heavy (non-hydrogen) atoms. The van der Waals surface area contributed by atoms with Crippen LogP contribution >= 0.6 is 0 Å². The third kappa shape index (κ3) is 2.74. The molecule has 1 rings (SSSR count). The minimum Gasteiger partial charge on any atom is -0.480 e. The van der Waals surface area contributed by atoms with Crippen LogP contribution < -0.4 is 5.32 Å². The molecule has 0 saturated carbocycles. The van der Waals surface area contributed by atoms with Gasteiger partial charge >= 0.3 is 5.97 Å². The normalized spacial score (nSPS) is 12.2. The number of pyridine rings is 1. The quantitative estimate of drug-likeness (QED) is 0.735. The molecule has 4 heteroatoms. The standard InChI is InChI=1S/C9H12N2O2/c1-6-3-8(5-10-4-6)11-7(2)9(12)13/h3-5,7,11H,1-2H3,(H,12,13). The Kier molecular flexibility index (Phi) is 2.84. The van der Waals surface area contributed by atoms with Crippen LogP contribution in [0.1, 0.15) is 12.5 Å². The first-order valence-electron chi connectivity index (χ1n) is 4.00. The summed E-state index contributed by atoms with van der Waals surface area (Å²) < 4.78 is 0. The molecular formula is C9H12N2O2. The molecule has 1 aromatic rings. The van der Waals surface area contributed by atoms with Gasteiger partial charge in [-0.15, -0.1) is 0 Å². The van der Waals surface area contributed by atoms with E-state index in [4.69, 9.17) is 5.11 Å². The van der Waals surface area contributed by atoms with Crippen LogP contribution in [0.5, 0.6) is 0 Å². The van der Waals surface area contributed by atoms with Gasteiger partial charge < -0.3 is 10.4 Å². The highest BCUT2D eigenvalue weighted by molar-refractivity contribution is 5.76. The molecule has 1 heterocycles. The van der Waals surface area contributed by atoms with Crippen LogP contribution in [-0.4, -0.2) is 22.1 Å². The van der Waals surface area contributed by atoms with E-state index >= 15 is 0 Å². The lowest BCUT2D eigenvalue weighted by molar-refractivity contribution is -0.137. The van der Waals surface area contributed by atoms with Gasteiger partial charge in [0.25, 0.3) is 0 Å². The number of aryl methyl sites for hydroxylation is 1. The first kappa shape index (κ1) is 9.51. The Balaban J connectivity index is 2.69. The molecular weight excluding hydrogens is 168 g/mol. The van der Waals surface area contributed by atoms with Gasteiger partial charge in [0.2, 0.25) is 0 Å². The van der Waals surface area contributed by atoms with Crippen LogP contribution in [0.25, 0.3) is 0 Å². The topological polar surface area (TPSA) is 62.2 Å². The van der Waals surface area contributed by atoms with Crippen LogP contribution in [0.4, 0.5) is 5.69 Å². The summed E-state index contributed by atoms with van der Waals surface area (Å²) in [6.45, 7) is 3.49. The van der Waals surface area contributed by atoms with Gasteiger partial charge in [-0.25, -0.2) is 0 Å². The van der Waals surface area contributed by atoms with Crippen molar-refractivity contribution >= 4 is 11.7 Å². The molecule has 4 nitrogen and oxygen atoms in total. The van der Waals surface area contributed by atoms with E-state index in [0.717, 1.165) is 11.3 Å². The maximum atomic E-state index is 10.5. The summed E-state index contributed by atoms with van der Waals surface area (Å²) in [6, 6.07) is 1.26. The summed E-state index contributed by atoms with van der Waals surface area (Å²) in [5.41, 5.74) is 1.73. The predicted octanol–water partition coefficient (Wildman–Crippen LogP) is 1.28. The molecule has 0 aliphatic heterocycles. The van der Waals surface area contributed by atoms with Gasteiger partial charge in [0, 0.05) is 12.4 Å². The molecule has 0 aliphatic rings. The Morgan fingerprint density at radius 3 is 2.85 bits per heavy atom. The van der Waals surface area contributed by atoms with Crippen molar-refractivity contribution in [1.29, 1.82) is 0 Å². The third-order valence-corrected chi connectivity index (χ3v) is 1.63. The van der Waals surface area contributed by atoms with E-state index in [9.17, 15) is 4.79 Å². The SMILES string of the molecule is Cc1cncc(NC(C)C(=O)O)c1. The fraction of sp³-hybridized carbons (Fsp3) is 0.333. The Morgan fingerprint density at radius 1 is 1.62 bits per heavy atom. The monoisotopic (exact) mass is 180 g/mol. The number of aromatic nitrogens is 1. The van der Waals surface area contributed by atoms with Crippen molar-refractivity contribution in [3.05, 3.63) is 24.0 Å². The molecule has 0 aliphatic carbocycles. The van der Waals surface area contributed by atoms with E-state index in [1.807, 2.05) is 13.0 Å². The van der Waals surface area contributed by atoms with E-state index in [2.05, 4.69) is 10.3 Å². The number of aliphatic carboxylic acids is 1. The predicted molar refractivity (Wildman–Crippen MR) is 49.7 cm³/mol. The molecule has 1 atom stereocenters. The summed E-state index contributed by atoms with van der Waals surface area (Å²) in [6.07, 6.45) is 3.32. The Bertz CT molecular complexity index is 312. The first-order chi connectivity index (χ1) is 6.09. The fourth-order valence-corrected chi connectivity index (χ4v) is 0.946. The van der Waals surface area contributed by atoms with Gasteiger partial charge in [0.15, 0.2) is 0 Å². The molecule has 2 N–H and O–H groups in total. The van der Waals surface area contributed by atoms with Gasteiger partial charge in [-0.3, -0.25) is 9.78 Å². The molecule has 0 fully saturated rings. The molecule has 1 unspecified atom stereocenters. The van der Waals surface area contributed by atoms with Crippen molar-refractivity contribution in [2.24, 2.45) is 0 Å². The van der Waals surface area contributed by atoms with Gasteiger partial charge in [-0.1, -0.05) is 0 Å². The minimum atomic E-state index is -0.874. The van der Waals surface area contributed by atoms with Crippen LogP contribution in [0, 0.1) is 6.92 Å². The number of hydrogen-bond acceptors (Lipinski definition) is 3. The average molecular weight is 180 g/mol. The zero-order valence-corrected chi connectivity index (χ0v) is 7.61. The lowest BCUT2D eigenvalue weighted by Crippen LogP contribution is -2.25. The van der Waals surface area contributed by atoms with Gasteiger partial charge in [-0.2, -0.15) is 0 Å². The zero-order chi connectivity index (χ0) is 9.84.